The summed E-state index contributed by atoms with van der Waals surface area (Å²) in [5.74, 6) is -0.179. The van der Waals surface area contributed by atoms with E-state index in [0.717, 1.165) is 15.5 Å². The second-order valence-electron chi connectivity index (χ2n) is 6.18. The van der Waals surface area contributed by atoms with Crippen LogP contribution in [-0.2, 0) is 17.7 Å². The lowest BCUT2D eigenvalue weighted by Crippen LogP contribution is -2.35. The van der Waals surface area contributed by atoms with Crippen molar-refractivity contribution < 1.29 is 14.3 Å². The molecule has 0 fully saturated rings. The molecule has 1 aliphatic heterocycles. The van der Waals surface area contributed by atoms with Gasteiger partial charge in [-0.2, -0.15) is 0 Å². The Labute approximate surface area is 160 Å². The first-order valence-corrected chi connectivity index (χ1v) is 10.1. The first kappa shape index (κ1) is 18.7. The third-order valence-corrected chi connectivity index (χ3v) is 5.89. The number of rotatable bonds is 4. The topological polar surface area (TPSA) is 71.5 Å². The van der Waals surface area contributed by atoms with Crippen LogP contribution in [0.15, 0.2) is 29.2 Å². The molecule has 1 aliphatic rings. The fourth-order valence-corrected chi connectivity index (χ4v) is 4.52. The van der Waals surface area contributed by atoms with Crippen molar-refractivity contribution in [2.45, 2.75) is 37.0 Å². The van der Waals surface area contributed by atoms with Crippen LogP contribution >= 0.6 is 23.1 Å². The van der Waals surface area contributed by atoms with Crippen LogP contribution in [0, 0.1) is 0 Å². The van der Waals surface area contributed by atoms with Crippen LogP contribution < -0.4 is 5.32 Å². The summed E-state index contributed by atoms with van der Waals surface area (Å²) in [6, 6.07) is 7.57. The van der Waals surface area contributed by atoms with Gasteiger partial charge in [0, 0.05) is 33.6 Å². The quantitative estimate of drug-likeness (QED) is 0.797. The summed E-state index contributed by atoms with van der Waals surface area (Å²) in [5, 5.41) is 3.92. The molecule has 1 aromatic carbocycles. The van der Waals surface area contributed by atoms with Crippen molar-refractivity contribution in [1.82, 2.24) is 9.88 Å². The summed E-state index contributed by atoms with van der Waals surface area (Å²) in [6.07, 6.45) is 0.326. The Balaban J connectivity index is 1.65. The van der Waals surface area contributed by atoms with E-state index in [1.165, 1.54) is 18.4 Å². The molecule has 0 bridgehead atoms. The molecule has 8 heteroatoms. The lowest BCUT2D eigenvalue weighted by Gasteiger charge is -2.24. The standard InChI is InChI=1S/C18H21N3O3S2/c1-11(2)25-13-6-4-12(5-7-13)16(22)20-17-19-14-8-9-21(18(23)24-3)10-15(14)26-17/h4-7,11H,8-10H2,1-3H3,(H,19,20,22). The summed E-state index contributed by atoms with van der Waals surface area (Å²) in [7, 11) is 1.38. The predicted octanol–water partition coefficient (Wildman–Crippen LogP) is 4.02. The molecule has 0 atom stereocenters. The molecule has 0 aliphatic carbocycles. The Morgan fingerprint density at radius 1 is 1.31 bits per heavy atom. The highest BCUT2D eigenvalue weighted by atomic mass is 32.2. The Kier molecular flexibility index (Phi) is 5.83. The van der Waals surface area contributed by atoms with Crippen molar-refractivity contribution in [3.8, 4) is 0 Å². The number of hydrogen-bond acceptors (Lipinski definition) is 6. The molecule has 6 nitrogen and oxygen atoms in total. The largest absolute Gasteiger partial charge is 0.453 e. The molecule has 0 radical (unpaired) electrons. The minimum Gasteiger partial charge on any atom is -0.453 e. The van der Waals surface area contributed by atoms with Gasteiger partial charge in [-0.15, -0.1) is 11.8 Å². The number of carbonyl (C=O) groups excluding carboxylic acids is 2. The summed E-state index contributed by atoms with van der Waals surface area (Å²) in [6.45, 7) is 5.32. The van der Waals surface area contributed by atoms with E-state index >= 15 is 0 Å². The lowest BCUT2D eigenvalue weighted by molar-refractivity contribution is 0.102. The number of ether oxygens (including phenoxy) is 1. The van der Waals surface area contributed by atoms with E-state index in [-0.39, 0.29) is 12.0 Å². The van der Waals surface area contributed by atoms with Gasteiger partial charge in [-0.3, -0.25) is 10.1 Å². The van der Waals surface area contributed by atoms with Gasteiger partial charge in [0.05, 0.1) is 19.3 Å². The van der Waals surface area contributed by atoms with E-state index < -0.39 is 0 Å². The number of thioether (sulfide) groups is 1. The Morgan fingerprint density at radius 2 is 2.04 bits per heavy atom. The smallest absolute Gasteiger partial charge is 0.409 e. The van der Waals surface area contributed by atoms with Crippen molar-refractivity contribution >= 4 is 40.2 Å². The van der Waals surface area contributed by atoms with Crippen LogP contribution in [0.3, 0.4) is 0 Å². The van der Waals surface area contributed by atoms with Crippen LogP contribution in [0.5, 0.6) is 0 Å². The number of amides is 2. The highest BCUT2D eigenvalue weighted by Crippen LogP contribution is 2.29. The average Bonchev–Trinajstić information content (AvgIpc) is 3.02. The number of hydrogen-bond donors (Lipinski definition) is 1. The number of nitrogens with one attached hydrogen (secondary N) is 1. The number of fused-ring (bicyclic) bond motifs is 1. The molecule has 0 saturated carbocycles. The second-order valence-corrected chi connectivity index (χ2v) is 8.91. The molecule has 0 unspecified atom stereocenters. The first-order valence-electron chi connectivity index (χ1n) is 8.36. The Hall–Kier alpha value is -2.06. The maximum atomic E-state index is 12.4. The monoisotopic (exact) mass is 391 g/mol. The number of nitrogens with zero attached hydrogens (tertiary/aromatic N) is 2. The maximum Gasteiger partial charge on any atom is 0.409 e. The van der Waals surface area contributed by atoms with Gasteiger partial charge in [-0.05, 0) is 24.3 Å². The molecule has 2 heterocycles. The van der Waals surface area contributed by atoms with Gasteiger partial charge in [0.1, 0.15) is 0 Å². The zero-order chi connectivity index (χ0) is 18.7. The Morgan fingerprint density at radius 3 is 2.69 bits per heavy atom. The number of aromatic nitrogens is 1. The highest BCUT2D eigenvalue weighted by Gasteiger charge is 2.25. The highest BCUT2D eigenvalue weighted by molar-refractivity contribution is 7.99. The molecule has 2 amide bonds. The van der Waals surface area contributed by atoms with Crippen molar-refractivity contribution in [3.63, 3.8) is 0 Å². The van der Waals surface area contributed by atoms with E-state index in [0.29, 0.717) is 35.5 Å². The number of thiazole rings is 1. The molecular weight excluding hydrogens is 370 g/mol. The van der Waals surface area contributed by atoms with Gasteiger partial charge < -0.3 is 9.64 Å². The molecule has 3 rings (SSSR count). The van der Waals surface area contributed by atoms with Gasteiger partial charge >= 0.3 is 6.09 Å². The summed E-state index contributed by atoms with van der Waals surface area (Å²) < 4.78 is 4.77. The van der Waals surface area contributed by atoms with Crippen LogP contribution in [0.4, 0.5) is 9.93 Å². The third-order valence-electron chi connectivity index (χ3n) is 3.87. The van der Waals surface area contributed by atoms with Crippen LogP contribution in [0.1, 0.15) is 34.8 Å². The summed E-state index contributed by atoms with van der Waals surface area (Å²) >= 11 is 3.17. The molecule has 1 N–H and O–H groups in total. The molecular formula is C18H21N3O3S2. The van der Waals surface area contributed by atoms with E-state index in [4.69, 9.17) is 4.74 Å². The third kappa shape index (κ3) is 4.37. The molecule has 1 aromatic heterocycles. The van der Waals surface area contributed by atoms with Gasteiger partial charge in [0.25, 0.3) is 5.91 Å². The van der Waals surface area contributed by atoms with Crippen molar-refractivity contribution in [1.29, 1.82) is 0 Å². The van der Waals surface area contributed by atoms with Crippen molar-refractivity contribution in [2.75, 3.05) is 19.0 Å². The van der Waals surface area contributed by atoms with Gasteiger partial charge in [-0.25, -0.2) is 9.78 Å². The van der Waals surface area contributed by atoms with Crippen molar-refractivity contribution in [2.24, 2.45) is 0 Å². The van der Waals surface area contributed by atoms with Crippen LogP contribution in [-0.4, -0.2) is 40.8 Å². The van der Waals surface area contributed by atoms with E-state index in [2.05, 4.69) is 24.1 Å². The number of anilines is 1. The zero-order valence-corrected chi connectivity index (χ0v) is 16.6. The van der Waals surface area contributed by atoms with Crippen molar-refractivity contribution in [3.05, 3.63) is 40.4 Å². The fourth-order valence-electron chi connectivity index (χ4n) is 2.66. The lowest BCUT2D eigenvalue weighted by atomic mass is 10.2. The molecule has 138 valence electrons. The number of carbonyl (C=O) groups is 2. The van der Waals surface area contributed by atoms with E-state index in [9.17, 15) is 9.59 Å². The van der Waals surface area contributed by atoms with Gasteiger partial charge in [-0.1, -0.05) is 25.2 Å². The van der Waals surface area contributed by atoms with Crippen LogP contribution in [0.25, 0.3) is 0 Å². The average molecular weight is 392 g/mol. The molecule has 0 saturated heterocycles. The summed E-state index contributed by atoms with van der Waals surface area (Å²) in [4.78, 5) is 32.4. The number of benzene rings is 1. The predicted molar refractivity (Wildman–Crippen MR) is 104 cm³/mol. The van der Waals surface area contributed by atoms with E-state index in [1.54, 1.807) is 16.7 Å². The van der Waals surface area contributed by atoms with Gasteiger partial charge in [0.15, 0.2) is 5.13 Å². The Bertz CT molecular complexity index is 803. The molecule has 26 heavy (non-hydrogen) atoms. The first-order chi connectivity index (χ1) is 12.5. The normalized spacial score (nSPS) is 13.5. The zero-order valence-electron chi connectivity index (χ0n) is 14.9. The minimum atomic E-state index is -0.339. The summed E-state index contributed by atoms with van der Waals surface area (Å²) in [5.41, 5.74) is 1.54. The van der Waals surface area contributed by atoms with Crippen LogP contribution in [0.2, 0.25) is 0 Å². The van der Waals surface area contributed by atoms with Gasteiger partial charge in [0.2, 0.25) is 0 Å². The SMILES string of the molecule is COC(=O)N1CCc2nc(NC(=O)c3ccc(SC(C)C)cc3)sc2C1. The maximum absolute atomic E-state index is 12.4. The minimum absolute atomic E-state index is 0.179. The fraction of sp³-hybridized carbons (Fsp3) is 0.389. The molecule has 2 aromatic rings. The second kappa shape index (κ2) is 8.09. The molecule has 0 spiro atoms. The van der Waals surface area contributed by atoms with E-state index in [1.807, 2.05) is 24.3 Å². The number of methoxy groups -OCH3 is 1.